The molecule has 98 valence electrons. The Morgan fingerprint density at radius 1 is 1.26 bits per heavy atom. The van der Waals surface area contributed by atoms with Crippen molar-refractivity contribution >= 4 is 11.6 Å². The fraction of sp³-hybridized carbons (Fsp3) is 0.200. The van der Waals surface area contributed by atoms with Gasteiger partial charge in [0.2, 0.25) is 0 Å². The molecule has 1 amide bonds. The molecule has 0 radical (unpaired) electrons. The highest BCUT2D eigenvalue weighted by atomic mass is 16.3. The lowest BCUT2D eigenvalue weighted by Crippen LogP contribution is -2.13. The van der Waals surface area contributed by atoms with E-state index in [9.17, 15) is 4.79 Å². The molecule has 19 heavy (non-hydrogen) atoms. The molecule has 0 bridgehead atoms. The summed E-state index contributed by atoms with van der Waals surface area (Å²) >= 11 is 0. The predicted molar refractivity (Wildman–Crippen MR) is 74.0 cm³/mol. The molecule has 1 aromatic heterocycles. The molecule has 4 nitrogen and oxygen atoms in total. The highest BCUT2D eigenvalue weighted by Crippen LogP contribution is 2.17. The van der Waals surface area contributed by atoms with E-state index in [0.717, 1.165) is 16.8 Å². The van der Waals surface area contributed by atoms with E-state index in [2.05, 4.69) is 10.3 Å². The first-order valence-electron chi connectivity index (χ1n) is 6.04. The molecular weight excluding hydrogens is 240 g/mol. The number of carbonyl (C=O) groups is 1. The van der Waals surface area contributed by atoms with E-state index >= 15 is 0 Å². The second kappa shape index (κ2) is 5.63. The molecule has 2 N–H and O–H groups in total. The number of benzene rings is 1. The van der Waals surface area contributed by atoms with Crippen LogP contribution in [0.4, 0.5) is 5.69 Å². The SMILES string of the molecule is Cc1ccc(C)c(NC(=O)c2ccnc(CO)c2)c1. The molecule has 0 saturated heterocycles. The standard InChI is InChI=1S/C15H16N2O2/c1-10-3-4-11(2)14(7-10)17-15(19)12-5-6-16-13(8-12)9-18/h3-8,18H,9H2,1-2H3,(H,17,19). The third kappa shape index (κ3) is 3.17. The van der Waals surface area contributed by atoms with E-state index in [1.165, 1.54) is 6.20 Å². The number of rotatable bonds is 3. The molecule has 4 heteroatoms. The monoisotopic (exact) mass is 256 g/mol. The smallest absolute Gasteiger partial charge is 0.255 e. The van der Waals surface area contributed by atoms with Crippen molar-refractivity contribution in [2.45, 2.75) is 20.5 Å². The maximum atomic E-state index is 12.1. The summed E-state index contributed by atoms with van der Waals surface area (Å²) in [6.45, 7) is 3.75. The maximum absolute atomic E-state index is 12.1. The first-order valence-corrected chi connectivity index (χ1v) is 6.04. The van der Waals surface area contributed by atoms with Gasteiger partial charge in [-0.05, 0) is 43.2 Å². The highest BCUT2D eigenvalue weighted by molar-refractivity contribution is 6.04. The number of nitrogens with one attached hydrogen (secondary N) is 1. The van der Waals surface area contributed by atoms with Crippen molar-refractivity contribution in [1.82, 2.24) is 4.98 Å². The first kappa shape index (κ1) is 13.2. The van der Waals surface area contributed by atoms with Gasteiger partial charge in [-0.2, -0.15) is 0 Å². The highest BCUT2D eigenvalue weighted by Gasteiger charge is 2.08. The number of amides is 1. The van der Waals surface area contributed by atoms with Gasteiger partial charge in [-0.15, -0.1) is 0 Å². The molecule has 0 atom stereocenters. The Morgan fingerprint density at radius 2 is 2.05 bits per heavy atom. The Labute approximate surface area is 112 Å². The zero-order valence-corrected chi connectivity index (χ0v) is 11.0. The van der Waals surface area contributed by atoms with Crippen LogP contribution < -0.4 is 5.32 Å². The van der Waals surface area contributed by atoms with Gasteiger partial charge in [-0.25, -0.2) is 0 Å². The van der Waals surface area contributed by atoms with Crippen molar-refractivity contribution in [2.75, 3.05) is 5.32 Å². The molecule has 2 aromatic rings. The van der Waals surface area contributed by atoms with Gasteiger partial charge >= 0.3 is 0 Å². The fourth-order valence-electron chi connectivity index (χ4n) is 1.77. The molecule has 0 unspecified atom stereocenters. The summed E-state index contributed by atoms with van der Waals surface area (Å²) in [6.07, 6.45) is 1.52. The maximum Gasteiger partial charge on any atom is 0.255 e. The normalized spacial score (nSPS) is 10.3. The molecule has 0 aliphatic rings. The summed E-state index contributed by atoms with van der Waals surface area (Å²) in [4.78, 5) is 16.1. The van der Waals surface area contributed by atoms with Crippen LogP contribution in [0.25, 0.3) is 0 Å². The number of aliphatic hydroxyl groups excluding tert-OH is 1. The second-order valence-corrected chi connectivity index (χ2v) is 4.47. The van der Waals surface area contributed by atoms with Crippen molar-refractivity contribution in [1.29, 1.82) is 0 Å². The number of nitrogens with zero attached hydrogens (tertiary/aromatic N) is 1. The molecule has 0 saturated carbocycles. The van der Waals surface area contributed by atoms with Crippen LogP contribution in [0.15, 0.2) is 36.5 Å². The molecule has 0 aliphatic carbocycles. The first-order chi connectivity index (χ1) is 9.10. The van der Waals surface area contributed by atoms with E-state index < -0.39 is 0 Å². The molecule has 2 rings (SSSR count). The quantitative estimate of drug-likeness (QED) is 0.886. The van der Waals surface area contributed by atoms with E-state index in [1.54, 1.807) is 12.1 Å². The molecule has 0 aliphatic heterocycles. The summed E-state index contributed by atoms with van der Waals surface area (Å²) in [6, 6.07) is 9.11. The minimum Gasteiger partial charge on any atom is -0.390 e. The summed E-state index contributed by atoms with van der Waals surface area (Å²) in [5.74, 6) is -0.203. The third-order valence-electron chi connectivity index (χ3n) is 2.88. The number of hydrogen-bond donors (Lipinski definition) is 2. The third-order valence-corrected chi connectivity index (χ3v) is 2.88. The van der Waals surface area contributed by atoms with Crippen LogP contribution in [-0.2, 0) is 6.61 Å². The second-order valence-electron chi connectivity index (χ2n) is 4.47. The summed E-state index contributed by atoms with van der Waals surface area (Å²) in [7, 11) is 0. The topological polar surface area (TPSA) is 62.2 Å². The Bertz CT molecular complexity index is 609. The zero-order valence-electron chi connectivity index (χ0n) is 11.0. The van der Waals surface area contributed by atoms with Crippen LogP contribution in [0.5, 0.6) is 0 Å². The number of hydrogen-bond acceptors (Lipinski definition) is 3. The van der Waals surface area contributed by atoms with Gasteiger partial charge in [-0.3, -0.25) is 9.78 Å². The summed E-state index contributed by atoms with van der Waals surface area (Å²) in [5.41, 5.74) is 3.86. The van der Waals surface area contributed by atoms with Gasteiger partial charge in [0.1, 0.15) is 0 Å². The van der Waals surface area contributed by atoms with E-state index in [1.807, 2.05) is 32.0 Å². The largest absolute Gasteiger partial charge is 0.390 e. The number of aromatic nitrogens is 1. The van der Waals surface area contributed by atoms with Crippen molar-refractivity contribution in [3.63, 3.8) is 0 Å². The zero-order chi connectivity index (χ0) is 13.8. The average molecular weight is 256 g/mol. The fourth-order valence-corrected chi connectivity index (χ4v) is 1.77. The van der Waals surface area contributed by atoms with Crippen LogP contribution in [-0.4, -0.2) is 16.0 Å². The van der Waals surface area contributed by atoms with Crippen LogP contribution in [0.1, 0.15) is 27.2 Å². The van der Waals surface area contributed by atoms with E-state index in [-0.39, 0.29) is 12.5 Å². The molecule has 0 spiro atoms. The lowest BCUT2D eigenvalue weighted by molar-refractivity contribution is 0.102. The molecule has 1 aromatic carbocycles. The van der Waals surface area contributed by atoms with E-state index in [4.69, 9.17) is 5.11 Å². The minimum atomic E-state index is -0.203. The summed E-state index contributed by atoms with van der Waals surface area (Å²) in [5, 5.41) is 11.9. The minimum absolute atomic E-state index is 0.176. The van der Waals surface area contributed by atoms with Crippen LogP contribution in [0.3, 0.4) is 0 Å². The average Bonchev–Trinajstić information content (AvgIpc) is 2.43. The van der Waals surface area contributed by atoms with Crippen LogP contribution >= 0.6 is 0 Å². The van der Waals surface area contributed by atoms with Gasteiger partial charge in [0.05, 0.1) is 12.3 Å². The molecule has 0 fully saturated rings. The number of aliphatic hydroxyl groups is 1. The van der Waals surface area contributed by atoms with Gasteiger partial charge in [0, 0.05) is 17.4 Å². The van der Waals surface area contributed by atoms with Crippen molar-refractivity contribution in [3.05, 3.63) is 58.9 Å². The molecule has 1 heterocycles. The van der Waals surface area contributed by atoms with Crippen molar-refractivity contribution in [3.8, 4) is 0 Å². The Kier molecular flexibility index (Phi) is 3.92. The number of carbonyl (C=O) groups excluding carboxylic acids is 1. The van der Waals surface area contributed by atoms with Gasteiger partial charge < -0.3 is 10.4 Å². The van der Waals surface area contributed by atoms with Crippen LogP contribution in [0, 0.1) is 13.8 Å². The Balaban J connectivity index is 2.22. The Morgan fingerprint density at radius 3 is 2.79 bits per heavy atom. The number of pyridine rings is 1. The Hall–Kier alpha value is -2.20. The van der Waals surface area contributed by atoms with E-state index in [0.29, 0.717) is 11.3 Å². The number of aryl methyl sites for hydroxylation is 2. The van der Waals surface area contributed by atoms with Crippen molar-refractivity contribution in [2.24, 2.45) is 0 Å². The summed E-state index contributed by atoms with van der Waals surface area (Å²) < 4.78 is 0. The number of anilines is 1. The van der Waals surface area contributed by atoms with Crippen LogP contribution in [0.2, 0.25) is 0 Å². The predicted octanol–water partition coefficient (Wildman–Crippen LogP) is 2.44. The van der Waals surface area contributed by atoms with Crippen molar-refractivity contribution < 1.29 is 9.90 Å². The van der Waals surface area contributed by atoms with Gasteiger partial charge in [0.25, 0.3) is 5.91 Å². The lowest BCUT2D eigenvalue weighted by atomic mass is 10.1. The van der Waals surface area contributed by atoms with Gasteiger partial charge in [0.15, 0.2) is 0 Å². The molecular formula is C15H16N2O2. The lowest BCUT2D eigenvalue weighted by Gasteiger charge is -2.09. The van der Waals surface area contributed by atoms with Gasteiger partial charge in [-0.1, -0.05) is 12.1 Å².